The van der Waals surface area contributed by atoms with Crippen molar-refractivity contribution < 1.29 is 22.4 Å². The molecule has 1 N–H and O–H groups in total. The molecule has 0 unspecified atom stereocenters. The van der Waals surface area contributed by atoms with Crippen molar-refractivity contribution in [3.05, 3.63) is 30.1 Å². The maximum Gasteiger partial charge on any atom is 0.401 e. The minimum Gasteiger partial charge on any atom is -0.314 e. The van der Waals surface area contributed by atoms with Gasteiger partial charge in [0.05, 0.1) is 13.1 Å². The summed E-state index contributed by atoms with van der Waals surface area (Å²) in [6.07, 6.45) is -4.35. The van der Waals surface area contributed by atoms with Crippen molar-refractivity contribution in [1.29, 1.82) is 0 Å². The van der Waals surface area contributed by atoms with E-state index in [1.165, 1.54) is 31.3 Å². The molecule has 0 spiro atoms. The Bertz CT molecular complexity index is 402. The highest BCUT2D eigenvalue weighted by Crippen LogP contribution is 2.14. The van der Waals surface area contributed by atoms with Crippen LogP contribution in [0.2, 0.25) is 0 Å². The number of halogens is 4. The zero-order valence-corrected chi connectivity index (χ0v) is 9.59. The summed E-state index contributed by atoms with van der Waals surface area (Å²) < 4.78 is 48.2. The minimum absolute atomic E-state index is 0.412. The van der Waals surface area contributed by atoms with Gasteiger partial charge in [-0.2, -0.15) is 13.2 Å². The van der Waals surface area contributed by atoms with E-state index < -0.39 is 31.0 Å². The molecule has 1 rings (SSSR count). The highest BCUT2D eigenvalue weighted by molar-refractivity contribution is 5.94. The molecule has 0 saturated heterocycles. The first-order valence-electron chi connectivity index (χ1n) is 5.09. The molecule has 0 aliphatic rings. The fourth-order valence-electron chi connectivity index (χ4n) is 1.24. The van der Waals surface area contributed by atoms with Gasteiger partial charge in [0.15, 0.2) is 0 Å². The van der Waals surface area contributed by atoms with Crippen molar-refractivity contribution >= 4 is 11.6 Å². The summed E-state index contributed by atoms with van der Waals surface area (Å²) in [7, 11) is 1.41. The Morgan fingerprint density at radius 2 is 1.83 bits per heavy atom. The van der Waals surface area contributed by atoms with E-state index in [4.69, 9.17) is 0 Å². The van der Waals surface area contributed by atoms with Crippen LogP contribution in [0, 0.1) is 5.82 Å². The minimum atomic E-state index is -4.35. The number of hydrogen-bond donors (Lipinski definition) is 1. The number of likely N-dealkylation sites (N-methyl/N-ethyl adjacent to an activating group) is 1. The molecule has 1 aromatic carbocycles. The van der Waals surface area contributed by atoms with Crippen molar-refractivity contribution in [1.82, 2.24) is 5.32 Å². The number of anilines is 1. The van der Waals surface area contributed by atoms with Crippen molar-refractivity contribution in [2.24, 2.45) is 0 Å². The van der Waals surface area contributed by atoms with Crippen LogP contribution < -0.4 is 10.2 Å². The lowest BCUT2D eigenvalue weighted by atomic mass is 10.3. The Labute approximate surface area is 101 Å². The maximum atomic E-state index is 12.6. The van der Waals surface area contributed by atoms with Crippen molar-refractivity contribution in [3.63, 3.8) is 0 Å². The van der Waals surface area contributed by atoms with Gasteiger partial charge in [0, 0.05) is 12.7 Å². The molecule has 1 aromatic rings. The normalized spacial score (nSPS) is 11.4. The smallest absolute Gasteiger partial charge is 0.314 e. The Morgan fingerprint density at radius 1 is 1.28 bits per heavy atom. The van der Waals surface area contributed by atoms with Crippen LogP contribution in [-0.4, -0.2) is 32.2 Å². The Kier molecular flexibility index (Phi) is 4.66. The van der Waals surface area contributed by atoms with Crippen molar-refractivity contribution in [3.8, 4) is 0 Å². The van der Waals surface area contributed by atoms with Crippen LogP contribution in [-0.2, 0) is 4.79 Å². The number of carbonyl (C=O) groups is 1. The molecule has 0 aliphatic carbocycles. The lowest BCUT2D eigenvalue weighted by Gasteiger charge is -2.18. The van der Waals surface area contributed by atoms with Crippen LogP contribution in [0.1, 0.15) is 0 Å². The predicted molar refractivity (Wildman–Crippen MR) is 58.7 cm³/mol. The van der Waals surface area contributed by atoms with Crippen LogP contribution in [0.4, 0.5) is 23.2 Å². The van der Waals surface area contributed by atoms with Crippen molar-refractivity contribution in [2.45, 2.75) is 6.18 Å². The van der Waals surface area contributed by atoms with Gasteiger partial charge in [-0.1, -0.05) is 0 Å². The SMILES string of the molecule is CN(C(=O)CNCC(F)(F)F)c1ccc(F)cc1. The van der Waals surface area contributed by atoms with Crippen LogP contribution in [0.5, 0.6) is 0 Å². The van der Waals surface area contributed by atoms with Gasteiger partial charge in [0.2, 0.25) is 5.91 Å². The Hall–Kier alpha value is -1.63. The van der Waals surface area contributed by atoms with E-state index in [1.807, 2.05) is 5.32 Å². The topological polar surface area (TPSA) is 32.3 Å². The van der Waals surface area contributed by atoms with E-state index in [9.17, 15) is 22.4 Å². The Morgan fingerprint density at radius 3 is 2.33 bits per heavy atom. The highest BCUT2D eigenvalue weighted by atomic mass is 19.4. The number of alkyl halides is 3. The number of carbonyl (C=O) groups excluding carboxylic acids is 1. The second kappa shape index (κ2) is 5.81. The zero-order chi connectivity index (χ0) is 13.8. The summed E-state index contributed by atoms with van der Waals surface area (Å²) in [4.78, 5) is 12.7. The molecule has 7 heteroatoms. The average Bonchev–Trinajstić information content (AvgIpc) is 2.27. The fraction of sp³-hybridized carbons (Fsp3) is 0.364. The number of nitrogens with zero attached hydrogens (tertiary/aromatic N) is 1. The number of amides is 1. The first-order chi connectivity index (χ1) is 8.29. The molecule has 3 nitrogen and oxygen atoms in total. The summed E-state index contributed by atoms with van der Waals surface area (Å²) >= 11 is 0. The lowest BCUT2D eigenvalue weighted by molar-refractivity contribution is -0.127. The van der Waals surface area contributed by atoms with E-state index in [0.717, 1.165) is 4.90 Å². The molecule has 0 saturated carbocycles. The molecule has 0 radical (unpaired) electrons. The molecule has 0 aromatic heterocycles. The van der Waals surface area contributed by atoms with Gasteiger partial charge in [0.1, 0.15) is 5.82 Å². The summed E-state index contributed by atoms with van der Waals surface area (Å²) in [5, 5.41) is 2.00. The third-order valence-corrected chi connectivity index (χ3v) is 2.19. The van der Waals surface area contributed by atoms with Crippen LogP contribution in [0.15, 0.2) is 24.3 Å². The monoisotopic (exact) mass is 264 g/mol. The summed E-state index contributed by atoms with van der Waals surface area (Å²) in [6.45, 7) is -1.66. The van der Waals surface area contributed by atoms with Crippen molar-refractivity contribution in [2.75, 3.05) is 25.0 Å². The van der Waals surface area contributed by atoms with Crippen LogP contribution >= 0.6 is 0 Å². The van der Waals surface area contributed by atoms with E-state index in [1.54, 1.807) is 0 Å². The molecule has 18 heavy (non-hydrogen) atoms. The summed E-state index contributed by atoms with van der Waals surface area (Å²) in [5.41, 5.74) is 0.412. The number of hydrogen-bond acceptors (Lipinski definition) is 2. The largest absolute Gasteiger partial charge is 0.401 e. The first-order valence-corrected chi connectivity index (χ1v) is 5.09. The van der Waals surface area contributed by atoms with Crippen LogP contribution in [0.25, 0.3) is 0 Å². The van der Waals surface area contributed by atoms with Crippen LogP contribution in [0.3, 0.4) is 0 Å². The molecule has 0 bridgehead atoms. The van der Waals surface area contributed by atoms with Gasteiger partial charge in [-0.25, -0.2) is 4.39 Å². The molecular weight excluding hydrogens is 252 g/mol. The molecule has 0 heterocycles. The third kappa shape index (κ3) is 4.70. The molecule has 0 atom stereocenters. The molecule has 0 aliphatic heterocycles. The van der Waals surface area contributed by atoms with Gasteiger partial charge in [-0.3, -0.25) is 4.79 Å². The van der Waals surface area contributed by atoms with Gasteiger partial charge >= 0.3 is 6.18 Å². The second-order valence-electron chi connectivity index (χ2n) is 3.65. The molecule has 100 valence electrons. The standard InChI is InChI=1S/C11H12F4N2O/c1-17(9-4-2-8(12)3-5-9)10(18)6-16-7-11(13,14)15/h2-5,16H,6-7H2,1H3. The van der Waals surface area contributed by atoms with E-state index in [-0.39, 0.29) is 0 Å². The Balaban J connectivity index is 2.49. The molecular formula is C11H12F4N2O. The third-order valence-electron chi connectivity index (χ3n) is 2.19. The van der Waals surface area contributed by atoms with Gasteiger partial charge < -0.3 is 10.2 Å². The van der Waals surface area contributed by atoms with Gasteiger partial charge in [-0.05, 0) is 24.3 Å². The zero-order valence-electron chi connectivity index (χ0n) is 9.59. The highest BCUT2D eigenvalue weighted by Gasteiger charge is 2.26. The quantitative estimate of drug-likeness (QED) is 0.843. The maximum absolute atomic E-state index is 12.6. The molecule has 1 amide bonds. The summed E-state index contributed by atoms with van der Waals surface area (Å²) in [5.74, 6) is -0.986. The molecule has 0 fully saturated rings. The number of nitrogens with one attached hydrogen (secondary N) is 1. The second-order valence-corrected chi connectivity index (χ2v) is 3.65. The number of benzene rings is 1. The predicted octanol–water partition coefficient (Wildman–Crippen LogP) is 1.94. The van der Waals surface area contributed by atoms with E-state index in [0.29, 0.717) is 5.69 Å². The first kappa shape index (κ1) is 14.4. The average molecular weight is 264 g/mol. The van der Waals surface area contributed by atoms with E-state index in [2.05, 4.69) is 0 Å². The number of rotatable bonds is 4. The summed E-state index contributed by atoms with van der Waals surface area (Å²) in [6, 6.07) is 5.08. The van der Waals surface area contributed by atoms with Gasteiger partial charge in [-0.15, -0.1) is 0 Å². The van der Waals surface area contributed by atoms with Gasteiger partial charge in [0.25, 0.3) is 0 Å². The fourth-order valence-corrected chi connectivity index (χ4v) is 1.24. The lowest BCUT2D eigenvalue weighted by Crippen LogP contribution is -2.39. The van der Waals surface area contributed by atoms with E-state index >= 15 is 0 Å².